The molecule has 4 heteroatoms. The Morgan fingerprint density at radius 3 is 2.88 bits per heavy atom. The van der Waals surface area contributed by atoms with Crippen molar-refractivity contribution in [3.8, 4) is 0 Å². The minimum atomic E-state index is 0.703. The van der Waals surface area contributed by atoms with E-state index in [2.05, 4.69) is 38.9 Å². The Kier molecular flexibility index (Phi) is 4.80. The molecule has 1 aromatic heterocycles. The smallest absolute Gasteiger partial charge is 0.117 e. The summed E-state index contributed by atoms with van der Waals surface area (Å²) in [6, 6.07) is 8.17. The molecule has 1 atom stereocenters. The first-order valence-electron chi connectivity index (χ1n) is 5.73. The van der Waals surface area contributed by atoms with Crippen LogP contribution in [0.25, 0.3) is 10.9 Å². The van der Waals surface area contributed by atoms with Crippen LogP contribution >= 0.6 is 27.7 Å². The standard InChI is InChI=1S/C13H15BrN2S/c1-2-10(7-14)8-17-13-11-5-3-4-6-12(11)15-9-16-13/h3-6,9-10H,2,7-8H2,1H3. The van der Waals surface area contributed by atoms with Crippen LogP contribution in [0.2, 0.25) is 0 Å². The van der Waals surface area contributed by atoms with Gasteiger partial charge in [-0.25, -0.2) is 9.97 Å². The lowest BCUT2D eigenvalue weighted by Crippen LogP contribution is -2.03. The molecule has 0 radical (unpaired) electrons. The SMILES string of the molecule is CCC(CBr)CSc1ncnc2ccccc12. The van der Waals surface area contributed by atoms with Gasteiger partial charge in [0.1, 0.15) is 11.4 Å². The molecule has 2 aromatic rings. The quantitative estimate of drug-likeness (QED) is 0.471. The lowest BCUT2D eigenvalue weighted by Gasteiger charge is -2.10. The number of hydrogen-bond acceptors (Lipinski definition) is 3. The second-order valence-electron chi connectivity index (χ2n) is 3.94. The number of para-hydroxylation sites is 1. The summed E-state index contributed by atoms with van der Waals surface area (Å²) in [7, 11) is 0. The number of benzene rings is 1. The molecule has 0 saturated carbocycles. The molecule has 90 valence electrons. The molecular formula is C13H15BrN2S. The minimum Gasteiger partial charge on any atom is -0.236 e. The van der Waals surface area contributed by atoms with Crippen molar-refractivity contribution in [1.82, 2.24) is 9.97 Å². The van der Waals surface area contributed by atoms with Gasteiger partial charge in [0.25, 0.3) is 0 Å². The van der Waals surface area contributed by atoms with Gasteiger partial charge in [0.2, 0.25) is 0 Å². The van der Waals surface area contributed by atoms with Crippen LogP contribution in [0.3, 0.4) is 0 Å². The topological polar surface area (TPSA) is 25.8 Å². The van der Waals surface area contributed by atoms with E-state index in [1.807, 2.05) is 30.0 Å². The van der Waals surface area contributed by atoms with Crippen LogP contribution in [0.5, 0.6) is 0 Å². The predicted molar refractivity (Wildman–Crippen MR) is 77.8 cm³/mol. The maximum Gasteiger partial charge on any atom is 0.117 e. The Labute approximate surface area is 114 Å². The number of hydrogen-bond donors (Lipinski definition) is 0. The molecule has 0 aliphatic heterocycles. The lowest BCUT2D eigenvalue weighted by molar-refractivity contribution is 0.652. The average molecular weight is 311 g/mol. The van der Waals surface area contributed by atoms with Crippen molar-refractivity contribution in [1.29, 1.82) is 0 Å². The van der Waals surface area contributed by atoms with Crippen LogP contribution in [-0.4, -0.2) is 21.1 Å². The van der Waals surface area contributed by atoms with E-state index in [1.54, 1.807) is 6.33 Å². The first-order valence-corrected chi connectivity index (χ1v) is 7.84. The molecule has 1 unspecified atom stereocenters. The van der Waals surface area contributed by atoms with Gasteiger partial charge in [0.05, 0.1) is 5.52 Å². The molecule has 0 aliphatic rings. The fraction of sp³-hybridized carbons (Fsp3) is 0.385. The number of alkyl halides is 1. The Hall–Kier alpha value is -0.610. The molecule has 1 aromatic carbocycles. The zero-order valence-corrected chi connectivity index (χ0v) is 12.2. The summed E-state index contributed by atoms with van der Waals surface area (Å²) in [6.45, 7) is 2.23. The van der Waals surface area contributed by atoms with E-state index in [9.17, 15) is 0 Å². The summed E-state index contributed by atoms with van der Waals surface area (Å²) in [5, 5.41) is 3.30. The zero-order valence-electron chi connectivity index (χ0n) is 9.77. The third kappa shape index (κ3) is 3.19. The van der Waals surface area contributed by atoms with Crippen molar-refractivity contribution >= 4 is 38.6 Å². The van der Waals surface area contributed by atoms with E-state index in [1.165, 1.54) is 6.42 Å². The Morgan fingerprint density at radius 2 is 2.12 bits per heavy atom. The second-order valence-corrected chi connectivity index (χ2v) is 5.59. The molecule has 17 heavy (non-hydrogen) atoms. The Bertz CT molecular complexity index is 480. The molecule has 2 nitrogen and oxygen atoms in total. The maximum absolute atomic E-state index is 4.38. The summed E-state index contributed by atoms with van der Waals surface area (Å²) in [6.07, 6.45) is 2.85. The largest absolute Gasteiger partial charge is 0.236 e. The molecule has 0 amide bonds. The van der Waals surface area contributed by atoms with Gasteiger partial charge in [-0.3, -0.25) is 0 Å². The van der Waals surface area contributed by atoms with Crippen LogP contribution in [0.1, 0.15) is 13.3 Å². The summed E-state index contributed by atoms with van der Waals surface area (Å²) >= 11 is 5.38. The normalized spacial score (nSPS) is 12.8. The van der Waals surface area contributed by atoms with Gasteiger partial charge in [-0.1, -0.05) is 47.5 Å². The van der Waals surface area contributed by atoms with Gasteiger partial charge >= 0.3 is 0 Å². The third-order valence-electron chi connectivity index (χ3n) is 2.76. The van der Waals surface area contributed by atoms with Gasteiger partial charge in [-0.2, -0.15) is 0 Å². The molecule has 2 rings (SSSR count). The average Bonchev–Trinajstić information content (AvgIpc) is 2.40. The number of nitrogens with zero attached hydrogens (tertiary/aromatic N) is 2. The molecule has 0 bridgehead atoms. The summed E-state index contributed by atoms with van der Waals surface area (Å²) in [4.78, 5) is 8.66. The van der Waals surface area contributed by atoms with Gasteiger partial charge in [-0.05, 0) is 12.0 Å². The van der Waals surface area contributed by atoms with Crippen LogP contribution < -0.4 is 0 Å². The van der Waals surface area contributed by atoms with Crippen LogP contribution in [0, 0.1) is 5.92 Å². The first kappa shape index (κ1) is 12.8. The monoisotopic (exact) mass is 310 g/mol. The highest BCUT2D eigenvalue weighted by molar-refractivity contribution is 9.09. The van der Waals surface area contributed by atoms with Gasteiger partial charge < -0.3 is 0 Å². The molecule has 0 spiro atoms. The van der Waals surface area contributed by atoms with E-state index >= 15 is 0 Å². The molecule has 1 heterocycles. The second kappa shape index (κ2) is 6.36. The van der Waals surface area contributed by atoms with Gasteiger partial charge in [-0.15, -0.1) is 11.8 Å². The van der Waals surface area contributed by atoms with Crippen molar-refractivity contribution in [2.75, 3.05) is 11.1 Å². The van der Waals surface area contributed by atoms with E-state index in [0.717, 1.165) is 27.0 Å². The van der Waals surface area contributed by atoms with E-state index in [-0.39, 0.29) is 0 Å². The van der Waals surface area contributed by atoms with Gasteiger partial charge in [0, 0.05) is 16.5 Å². The highest BCUT2D eigenvalue weighted by atomic mass is 79.9. The van der Waals surface area contributed by atoms with E-state index in [4.69, 9.17) is 0 Å². The highest BCUT2D eigenvalue weighted by Gasteiger charge is 2.08. The number of halogens is 1. The number of rotatable bonds is 5. The first-order chi connectivity index (χ1) is 8.35. The van der Waals surface area contributed by atoms with Crippen molar-refractivity contribution in [3.05, 3.63) is 30.6 Å². The van der Waals surface area contributed by atoms with Crippen molar-refractivity contribution < 1.29 is 0 Å². The zero-order chi connectivity index (χ0) is 12.1. The number of thioether (sulfide) groups is 1. The summed E-state index contributed by atoms with van der Waals surface area (Å²) in [5.41, 5.74) is 1.02. The Balaban J connectivity index is 2.18. The van der Waals surface area contributed by atoms with Crippen molar-refractivity contribution in [3.63, 3.8) is 0 Å². The van der Waals surface area contributed by atoms with Crippen molar-refractivity contribution in [2.24, 2.45) is 5.92 Å². The number of aromatic nitrogens is 2. The van der Waals surface area contributed by atoms with Crippen LogP contribution in [-0.2, 0) is 0 Å². The van der Waals surface area contributed by atoms with E-state index < -0.39 is 0 Å². The van der Waals surface area contributed by atoms with Gasteiger partial charge in [0.15, 0.2) is 0 Å². The minimum absolute atomic E-state index is 0.703. The van der Waals surface area contributed by atoms with E-state index in [0.29, 0.717) is 5.92 Å². The number of fused-ring (bicyclic) bond motifs is 1. The molecular weight excluding hydrogens is 296 g/mol. The summed E-state index contributed by atoms with van der Waals surface area (Å²) in [5.74, 6) is 1.80. The van der Waals surface area contributed by atoms with Crippen molar-refractivity contribution in [2.45, 2.75) is 18.4 Å². The Morgan fingerprint density at radius 1 is 1.29 bits per heavy atom. The molecule has 0 aliphatic carbocycles. The molecule has 0 fully saturated rings. The highest BCUT2D eigenvalue weighted by Crippen LogP contribution is 2.26. The summed E-state index contributed by atoms with van der Waals surface area (Å²) < 4.78 is 0. The van der Waals surface area contributed by atoms with Crippen LogP contribution in [0.4, 0.5) is 0 Å². The van der Waals surface area contributed by atoms with Crippen LogP contribution in [0.15, 0.2) is 35.6 Å². The fourth-order valence-corrected chi connectivity index (χ4v) is 3.75. The molecule has 0 saturated heterocycles. The maximum atomic E-state index is 4.38. The lowest BCUT2D eigenvalue weighted by atomic mass is 10.2. The molecule has 0 N–H and O–H groups in total. The third-order valence-corrected chi connectivity index (χ3v) is 4.91. The fourth-order valence-electron chi connectivity index (χ4n) is 1.56. The predicted octanol–water partition coefficient (Wildman–Crippen LogP) is 4.14.